The van der Waals surface area contributed by atoms with E-state index in [1.54, 1.807) is 0 Å². The average molecular weight is 312 g/mol. The Morgan fingerprint density at radius 1 is 1.17 bits per heavy atom. The molecular formula is C18H24N4O. The van der Waals surface area contributed by atoms with Crippen LogP contribution in [0.25, 0.3) is 5.65 Å². The molecule has 5 nitrogen and oxygen atoms in total. The monoisotopic (exact) mass is 312 g/mol. The van der Waals surface area contributed by atoms with Crippen LogP contribution in [0.3, 0.4) is 0 Å². The van der Waals surface area contributed by atoms with Crippen LogP contribution in [0.5, 0.6) is 0 Å². The maximum atomic E-state index is 5.87. The Morgan fingerprint density at radius 3 is 2.78 bits per heavy atom. The third kappa shape index (κ3) is 3.29. The molecule has 5 heteroatoms. The largest absolute Gasteiger partial charge is 0.464 e. The van der Waals surface area contributed by atoms with Gasteiger partial charge in [-0.05, 0) is 37.6 Å². The average Bonchev–Trinajstić information content (AvgIpc) is 3.21. The molecule has 0 bridgehead atoms. The zero-order valence-electron chi connectivity index (χ0n) is 14.0. The smallest absolute Gasteiger partial charge is 0.160 e. The zero-order valence-corrected chi connectivity index (χ0v) is 14.0. The van der Waals surface area contributed by atoms with Gasteiger partial charge < -0.3 is 4.42 Å². The van der Waals surface area contributed by atoms with E-state index in [9.17, 15) is 0 Å². The molecule has 0 aromatic carbocycles. The molecule has 3 rings (SSSR count). The quantitative estimate of drug-likeness (QED) is 0.714. The Bertz CT molecular complexity index is 761. The minimum absolute atomic E-state index is 0.128. The molecule has 23 heavy (non-hydrogen) atoms. The lowest BCUT2D eigenvalue weighted by atomic mass is 10.1. The first-order valence-electron chi connectivity index (χ1n) is 8.37. The Morgan fingerprint density at radius 2 is 2.04 bits per heavy atom. The Balaban J connectivity index is 1.83. The summed E-state index contributed by atoms with van der Waals surface area (Å²) in [7, 11) is 0. The second-order valence-electron chi connectivity index (χ2n) is 5.87. The van der Waals surface area contributed by atoms with Gasteiger partial charge in [-0.3, -0.25) is 9.72 Å². The second kappa shape index (κ2) is 6.96. The van der Waals surface area contributed by atoms with E-state index in [0.29, 0.717) is 0 Å². The number of nitrogens with one attached hydrogen (secondary N) is 1. The van der Waals surface area contributed by atoms with E-state index in [0.717, 1.165) is 42.3 Å². The molecule has 3 aromatic heterocycles. The van der Waals surface area contributed by atoms with Gasteiger partial charge in [0.05, 0.1) is 12.1 Å². The van der Waals surface area contributed by atoms with E-state index < -0.39 is 0 Å². The molecule has 0 amide bonds. The minimum atomic E-state index is 0.128. The van der Waals surface area contributed by atoms with E-state index in [-0.39, 0.29) is 12.1 Å². The van der Waals surface area contributed by atoms with Gasteiger partial charge in [-0.25, -0.2) is 0 Å². The van der Waals surface area contributed by atoms with Crippen molar-refractivity contribution >= 4 is 5.65 Å². The van der Waals surface area contributed by atoms with E-state index in [4.69, 9.17) is 4.42 Å². The predicted octanol–water partition coefficient (Wildman–Crippen LogP) is 4.08. The van der Waals surface area contributed by atoms with Crippen LogP contribution < -0.4 is 5.32 Å². The Labute approximate surface area is 136 Å². The highest BCUT2D eigenvalue weighted by Crippen LogP contribution is 2.24. The molecule has 3 aromatic rings. The highest BCUT2D eigenvalue weighted by molar-refractivity contribution is 5.37. The van der Waals surface area contributed by atoms with Crippen molar-refractivity contribution in [2.24, 2.45) is 0 Å². The van der Waals surface area contributed by atoms with Crippen molar-refractivity contribution in [3.8, 4) is 0 Å². The van der Waals surface area contributed by atoms with Crippen LogP contribution in [-0.2, 0) is 6.42 Å². The first-order valence-corrected chi connectivity index (χ1v) is 8.37. The Kier molecular flexibility index (Phi) is 4.76. The molecule has 0 fully saturated rings. The molecule has 0 saturated heterocycles. The van der Waals surface area contributed by atoms with Crippen LogP contribution >= 0.6 is 0 Å². The van der Waals surface area contributed by atoms with Crippen LogP contribution in [-0.4, -0.2) is 14.6 Å². The van der Waals surface area contributed by atoms with E-state index in [1.165, 1.54) is 0 Å². The fraction of sp³-hybridized carbons (Fsp3) is 0.444. The van der Waals surface area contributed by atoms with Crippen molar-refractivity contribution in [3.05, 3.63) is 53.9 Å². The third-order valence-corrected chi connectivity index (χ3v) is 4.14. The number of hydrogen-bond acceptors (Lipinski definition) is 4. The summed E-state index contributed by atoms with van der Waals surface area (Å²) in [6.45, 7) is 6.41. The van der Waals surface area contributed by atoms with Crippen molar-refractivity contribution in [3.63, 3.8) is 0 Å². The summed E-state index contributed by atoms with van der Waals surface area (Å²) in [5.41, 5.74) is 0.879. The van der Waals surface area contributed by atoms with Crippen molar-refractivity contribution in [1.82, 2.24) is 19.9 Å². The van der Waals surface area contributed by atoms with Crippen LogP contribution in [0.4, 0.5) is 0 Å². The third-order valence-electron chi connectivity index (χ3n) is 4.14. The van der Waals surface area contributed by atoms with Crippen LogP contribution in [0, 0.1) is 0 Å². The molecule has 0 saturated carbocycles. The van der Waals surface area contributed by atoms with Gasteiger partial charge in [0, 0.05) is 12.6 Å². The van der Waals surface area contributed by atoms with E-state index in [2.05, 4.69) is 52.8 Å². The summed E-state index contributed by atoms with van der Waals surface area (Å²) in [6, 6.07) is 10.3. The lowest BCUT2D eigenvalue weighted by Gasteiger charge is -2.20. The zero-order chi connectivity index (χ0) is 16.2. The predicted molar refractivity (Wildman–Crippen MR) is 90.3 cm³/mol. The minimum Gasteiger partial charge on any atom is -0.464 e. The number of hydrogen-bond donors (Lipinski definition) is 1. The van der Waals surface area contributed by atoms with Gasteiger partial charge in [0.25, 0.3) is 0 Å². The standard InChI is InChI=1S/C18H24N4O/c1-4-8-15(18-21-20-17-9-6-7-12-22(17)18)19-13(3)16-11-10-14(5-2)23-16/h6-7,9-13,15,19H,4-5,8H2,1-3H3/t13-,15-/m1/s1. The highest BCUT2D eigenvalue weighted by Gasteiger charge is 2.21. The number of aromatic nitrogens is 3. The fourth-order valence-corrected chi connectivity index (χ4v) is 2.87. The van der Waals surface area contributed by atoms with Crippen LogP contribution in [0.1, 0.15) is 63.0 Å². The number of pyridine rings is 1. The van der Waals surface area contributed by atoms with Crippen molar-refractivity contribution < 1.29 is 4.42 Å². The maximum absolute atomic E-state index is 5.87. The highest BCUT2D eigenvalue weighted by atomic mass is 16.3. The van der Waals surface area contributed by atoms with Gasteiger partial charge in [-0.1, -0.05) is 26.3 Å². The summed E-state index contributed by atoms with van der Waals surface area (Å²) >= 11 is 0. The Hall–Kier alpha value is -2.14. The molecule has 0 aliphatic carbocycles. The van der Waals surface area contributed by atoms with E-state index >= 15 is 0 Å². The number of fused-ring (bicyclic) bond motifs is 1. The van der Waals surface area contributed by atoms with Crippen LogP contribution in [0.2, 0.25) is 0 Å². The summed E-state index contributed by atoms with van der Waals surface area (Å²) in [5.74, 6) is 2.95. The number of nitrogens with zero attached hydrogens (tertiary/aromatic N) is 3. The molecule has 3 heterocycles. The van der Waals surface area contributed by atoms with Crippen molar-refractivity contribution in [2.45, 2.75) is 52.1 Å². The molecule has 0 spiro atoms. The summed E-state index contributed by atoms with van der Waals surface area (Å²) < 4.78 is 7.93. The molecule has 0 aliphatic rings. The summed E-state index contributed by atoms with van der Waals surface area (Å²) in [6.07, 6.45) is 5.01. The molecule has 122 valence electrons. The second-order valence-corrected chi connectivity index (χ2v) is 5.87. The molecule has 0 unspecified atom stereocenters. The maximum Gasteiger partial charge on any atom is 0.160 e. The molecule has 2 atom stereocenters. The lowest BCUT2D eigenvalue weighted by molar-refractivity contribution is 0.359. The SMILES string of the molecule is CCC[C@@H](N[C@H](C)c1ccc(CC)o1)c1nnc2ccccn12. The van der Waals surface area contributed by atoms with Gasteiger partial charge in [0.1, 0.15) is 11.5 Å². The normalized spacial score (nSPS) is 14.2. The first kappa shape index (κ1) is 15.7. The molecule has 0 aliphatic heterocycles. The fourth-order valence-electron chi connectivity index (χ4n) is 2.87. The number of furan rings is 1. The van der Waals surface area contributed by atoms with Crippen LogP contribution in [0.15, 0.2) is 40.9 Å². The molecule has 0 radical (unpaired) electrons. The van der Waals surface area contributed by atoms with Gasteiger partial charge in [-0.15, -0.1) is 10.2 Å². The van der Waals surface area contributed by atoms with Crippen molar-refractivity contribution in [2.75, 3.05) is 0 Å². The number of aryl methyl sites for hydroxylation is 1. The van der Waals surface area contributed by atoms with Gasteiger partial charge in [0.2, 0.25) is 0 Å². The lowest BCUT2D eigenvalue weighted by Crippen LogP contribution is -2.26. The van der Waals surface area contributed by atoms with Gasteiger partial charge in [-0.2, -0.15) is 0 Å². The number of rotatable bonds is 7. The molecular weight excluding hydrogens is 288 g/mol. The summed E-state index contributed by atoms with van der Waals surface area (Å²) in [4.78, 5) is 0. The van der Waals surface area contributed by atoms with E-state index in [1.807, 2.05) is 24.4 Å². The topological polar surface area (TPSA) is 55.4 Å². The van der Waals surface area contributed by atoms with Crippen molar-refractivity contribution in [1.29, 1.82) is 0 Å². The first-order chi connectivity index (χ1) is 11.2. The summed E-state index contributed by atoms with van der Waals surface area (Å²) in [5, 5.41) is 12.3. The van der Waals surface area contributed by atoms with Gasteiger partial charge in [0.15, 0.2) is 11.5 Å². The van der Waals surface area contributed by atoms with Gasteiger partial charge >= 0.3 is 0 Å². The molecule has 1 N–H and O–H groups in total.